The molecule has 12 heteroatoms. The van der Waals surface area contributed by atoms with Crippen molar-refractivity contribution < 1.29 is 31.8 Å². The molecule has 0 bridgehead atoms. The topological polar surface area (TPSA) is 161 Å². The number of amides is 1. The molecule has 1 aromatic heterocycles. The van der Waals surface area contributed by atoms with Crippen LogP contribution in [0.25, 0.3) is 0 Å². The highest BCUT2D eigenvalue weighted by Gasteiger charge is 2.16. The Labute approximate surface area is 147 Å². The third kappa shape index (κ3) is 5.12. The van der Waals surface area contributed by atoms with Crippen LogP contribution in [0.4, 0.5) is 5.69 Å². The number of hydrazone groups is 1. The van der Waals surface area contributed by atoms with Gasteiger partial charge in [0.1, 0.15) is 5.76 Å². The first-order valence-corrected chi connectivity index (χ1v) is 8.38. The summed E-state index contributed by atoms with van der Waals surface area (Å²) >= 11 is 0. The summed E-state index contributed by atoms with van der Waals surface area (Å²) in [4.78, 5) is 22.0. The standard InChI is InChI=1S/C14H13N3O8S/c1-9-2-4-12(11(6-9)17(19)20)24-8-13(18)16-15-7-10-3-5-14(25-10)26(21,22)23/h2-7H,8H2,1H3,(H,16,18)(H,21,22,23)/b15-7+. The van der Waals surface area contributed by atoms with E-state index in [2.05, 4.69) is 10.5 Å². The number of aryl methyl sites for hydroxylation is 1. The van der Waals surface area contributed by atoms with E-state index in [1.165, 1.54) is 18.2 Å². The first-order chi connectivity index (χ1) is 12.2. The van der Waals surface area contributed by atoms with E-state index in [4.69, 9.17) is 13.7 Å². The monoisotopic (exact) mass is 383 g/mol. The van der Waals surface area contributed by atoms with E-state index in [1.54, 1.807) is 13.0 Å². The number of furan rings is 1. The maximum Gasteiger partial charge on any atom is 0.328 e. The number of nitrogens with one attached hydrogen (secondary N) is 1. The lowest BCUT2D eigenvalue weighted by Gasteiger charge is -2.06. The molecule has 1 amide bonds. The molecule has 0 saturated carbocycles. The second-order valence-electron chi connectivity index (χ2n) is 4.94. The summed E-state index contributed by atoms with van der Waals surface area (Å²) in [6.45, 7) is 1.15. The van der Waals surface area contributed by atoms with E-state index in [-0.39, 0.29) is 17.2 Å². The van der Waals surface area contributed by atoms with Crippen LogP contribution in [0.15, 0.2) is 44.9 Å². The van der Waals surface area contributed by atoms with Crippen LogP contribution in [0.5, 0.6) is 5.75 Å². The van der Waals surface area contributed by atoms with Crippen LogP contribution in [0, 0.1) is 17.0 Å². The molecule has 0 fully saturated rings. The molecular formula is C14H13N3O8S. The van der Waals surface area contributed by atoms with Crippen molar-refractivity contribution in [2.45, 2.75) is 12.0 Å². The summed E-state index contributed by atoms with van der Waals surface area (Å²) in [6, 6.07) is 6.52. The second-order valence-corrected chi connectivity index (χ2v) is 6.29. The van der Waals surface area contributed by atoms with Gasteiger partial charge in [-0.1, -0.05) is 6.07 Å². The molecule has 1 aromatic carbocycles. The van der Waals surface area contributed by atoms with Gasteiger partial charge in [0.05, 0.1) is 11.1 Å². The van der Waals surface area contributed by atoms with Crippen molar-refractivity contribution >= 4 is 27.9 Å². The molecule has 26 heavy (non-hydrogen) atoms. The smallest absolute Gasteiger partial charge is 0.328 e. The summed E-state index contributed by atoms with van der Waals surface area (Å²) in [6.07, 6.45) is 1.00. The van der Waals surface area contributed by atoms with Gasteiger partial charge in [-0.2, -0.15) is 13.5 Å². The number of hydrogen-bond acceptors (Lipinski definition) is 8. The van der Waals surface area contributed by atoms with E-state index in [1.807, 2.05) is 0 Å². The molecule has 2 rings (SSSR count). The quantitative estimate of drug-likeness (QED) is 0.313. The first-order valence-electron chi connectivity index (χ1n) is 6.94. The maximum atomic E-state index is 11.6. The van der Waals surface area contributed by atoms with Crippen molar-refractivity contribution in [1.29, 1.82) is 0 Å². The zero-order valence-electron chi connectivity index (χ0n) is 13.3. The Morgan fingerprint density at radius 2 is 2.15 bits per heavy atom. The lowest BCUT2D eigenvalue weighted by Crippen LogP contribution is -2.24. The number of nitrogens with zero attached hydrogens (tertiary/aromatic N) is 2. The number of carbonyl (C=O) groups excluding carboxylic acids is 1. The Morgan fingerprint density at radius 1 is 1.42 bits per heavy atom. The molecule has 11 nitrogen and oxygen atoms in total. The predicted octanol–water partition coefficient (Wildman–Crippen LogP) is 1.27. The van der Waals surface area contributed by atoms with E-state index >= 15 is 0 Å². The van der Waals surface area contributed by atoms with Crippen molar-refractivity contribution in [3.63, 3.8) is 0 Å². The molecular weight excluding hydrogens is 370 g/mol. The number of carbonyl (C=O) groups is 1. The zero-order chi connectivity index (χ0) is 19.3. The lowest BCUT2D eigenvalue weighted by molar-refractivity contribution is -0.385. The van der Waals surface area contributed by atoms with Crippen molar-refractivity contribution in [3.8, 4) is 5.75 Å². The third-order valence-electron chi connectivity index (χ3n) is 2.91. The summed E-state index contributed by atoms with van der Waals surface area (Å²) in [5, 5.41) is 13.8. The minimum Gasteiger partial charge on any atom is -0.477 e. The van der Waals surface area contributed by atoms with Crippen LogP contribution in [0.2, 0.25) is 0 Å². The van der Waals surface area contributed by atoms with Gasteiger partial charge in [-0.15, -0.1) is 0 Å². The molecule has 138 valence electrons. The minimum absolute atomic E-state index is 0.0342. The summed E-state index contributed by atoms with van der Waals surface area (Å²) < 4.78 is 40.3. The Balaban J connectivity index is 1.92. The lowest BCUT2D eigenvalue weighted by atomic mass is 10.2. The van der Waals surface area contributed by atoms with Crippen LogP contribution in [-0.2, 0) is 14.9 Å². The summed E-state index contributed by atoms with van der Waals surface area (Å²) in [5.74, 6) is -0.811. The van der Waals surface area contributed by atoms with Crippen LogP contribution < -0.4 is 10.2 Å². The number of nitro benzene ring substituents is 1. The van der Waals surface area contributed by atoms with Crippen LogP contribution in [0.1, 0.15) is 11.3 Å². The molecule has 0 aliphatic heterocycles. The third-order valence-corrected chi connectivity index (χ3v) is 3.64. The molecule has 0 unspecified atom stereocenters. The molecule has 2 N–H and O–H groups in total. The van der Waals surface area contributed by atoms with Crippen molar-refractivity contribution in [2.75, 3.05) is 6.61 Å². The molecule has 0 aliphatic rings. The summed E-state index contributed by atoms with van der Waals surface area (Å²) in [5.41, 5.74) is 2.47. The van der Waals surface area contributed by atoms with Crippen molar-refractivity contribution in [3.05, 3.63) is 51.8 Å². The fourth-order valence-electron chi connectivity index (χ4n) is 1.78. The van der Waals surface area contributed by atoms with Gasteiger partial charge in [0.25, 0.3) is 5.91 Å². The van der Waals surface area contributed by atoms with E-state index in [0.29, 0.717) is 5.56 Å². The van der Waals surface area contributed by atoms with Crippen molar-refractivity contribution in [2.24, 2.45) is 5.10 Å². The highest BCUT2D eigenvalue weighted by Crippen LogP contribution is 2.27. The van der Waals surface area contributed by atoms with Gasteiger partial charge in [0, 0.05) is 6.07 Å². The largest absolute Gasteiger partial charge is 0.477 e. The number of benzene rings is 1. The molecule has 0 atom stereocenters. The average molecular weight is 383 g/mol. The zero-order valence-corrected chi connectivity index (χ0v) is 14.1. The van der Waals surface area contributed by atoms with E-state index in [0.717, 1.165) is 12.3 Å². The molecule has 2 aromatic rings. The number of rotatable bonds is 7. The van der Waals surface area contributed by atoms with Gasteiger partial charge in [-0.3, -0.25) is 19.5 Å². The van der Waals surface area contributed by atoms with Gasteiger partial charge in [0.2, 0.25) is 5.09 Å². The van der Waals surface area contributed by atoms with Crippen LogP contribution in [-0.4, -0.2) is 36.6 Å². The number of nitro groups is 1. The Morgan fingerprint density at radius 3 is 2.77 bits per heavy atom. The maximum absolute atomic E-state index is 11.6. The van der Waals surface area contributed by atoms with E-state index < -0.39 is 32.6 Å². The van der Waals surface area contributed by atoms with Gasteiger partial charge < -0.3 is 9.15 Å². The second kappa shape index (κ2) is 7.76. The van der Waals surface area contributed by atoms with E-state index in [9.17, 15) is 23.3 Å². The molecule has 0 spiro atoms. The highest BCUT2D eigenvalue weighted by atomic mass is 32.2. The predicted molar refractivity (Wildman–Crippen MR) is 87.6 cm³/mol. The van der Waals surface area contributed by atoms with Gasteiger partial charge in [-0.25, -0.2) is 5.43 Å². The highest BCUT2D eigenvalue weighted by molar-refractivity contribution is 7.85. The molecule has 1 heterocycles. The van der Waals surface area contributed by atoms with Gasteiger partial charge in [0.15, 0.2) is 12.4 Å². The number of ether oxygens (including phenoxy) is 1. The minimum atomic E-state index is -4.47. The Bertz CT molecular complexity index is 964. The average Bonchev–Trinajstić information content (AvgIpc) is 3.02. The fourth-order valence-corrected chi connectivity index (χ4v) is 2.22. The van der Waals surface area contributed by atoms with Crippen LogP contribution in [0.3, 0.4) is 0 Å². The Hall–Kier alpha value is -3.25. The van der Waals surface area contributed by atoms with Crippen molar-refractivity contribution in [1.82, 2.24) is 5.43 Å². The Kier molecular flexibility index (Phi) is 5.69. The normalized spacial score (nSPS) is 11.5. The summed E-state index contributed by atoms with van der Waals surface area (Å²) in [7, 11) is -4.47. The van der Waals surface area contributed by atoms with Gasteiger partial charge >= 0.3 is 15.8 Å². The van der Waals surface area contributed by atoms with Gasteiger partial charge in [-0.05, 0) is 30.7 Å². The molecule has 0 saturated heterocycles. The number of hydrogen-bond donors (Lipinski definition) is 2. The molecule has 0 aliphatic carbocycles. The first kappa shape index (κ1) is 19.1. The fraction of sp³-hybridized carbons (Fsp3) is 0.143. The molecule has 0 radical (unpaired) electrons. The SMILES string of the molecule is Cc1ccc(OCC(=O)N/N=C/c2ccc(S(=O)(=O)O)o2)c([N+](=O)[O-])c1. The van der Waals surface area contributed by atoms with Crippen LogP contribution >= 0.6 is 0 Å².